The van der Waals surface area contributed by atoms with E-state index in [-0.39, 0.29) is 29.2 Å². The summed E-state index contributed by atoms with van der Waals surface area (Å²) in [6.07, 6.45) is 6.62. The molecule has 2 atom stereocenters. The molecule has 0 fully saturated rings. The van der Waals surface area contributed by atoms with Gasteiger partial charge in [-0.1, -0.05) is 12.2 Å². The molecule has 0 heterocycles. The number of carbonyl (C=O) groups is 2. The van der Waals surface area contributed by atoms with Crippen LogP contribution in [0.15, 0.2) is 24.0 Å². The number of fused-ring (bicyclic) bond motifs is 1. The number of hydrogen-bond donors (Lipinski definition) is 0. The Hall–Kier alpha value is -1.38. The van der Waals surface area contributed by atoms with Gasteiger partial charge in [0.2, 0.25) is 5.78 Å². The predicted molar refractivity (Wildman–Crippen MR) is 50.5 cm³/mol. The van der Waals surface area contributed by atoms with Crippen molar-refractivity contribution in [2.75, 3.05) is 7.11 Å². The van der Waals surface area contributed by atoms with Gasteiger partial charge >= 0.3 is 0 Å². The average Bonchev–Trinajstić information content (AvgIpc) is 2.23. The van der Waals surface area contributed by atoms with Gasteiger partial charge in [0.05, 0.1) is 7.11 Å². The van der Waals surface area contributed by atoms with Crippen LogP contribution in [-0.4, -0.2) is 18.7 Å². The van der Waals surface area contributed by atoms with Crippen LogP contribution >= 0.6 is 0 Å². The largest absolute Gasteiger partial charge is 0.493 e. The zero-order valence-electron chi connectivity index (χ0n) is 8.03. The number of ether oxygens (including phenoxy) is 1. The Morgan fingerprint density at radius 1 is 1.21 bits per heavy atom. The Balaban J connectivity index is 2.34. The van der Waals surface area contributed by atoms with Crippen LogP contribution in [0.4, 0.5) is 0 Å². The topological polar surface area (TPSA) is 43.4 Å². The van der Waals surface area contributed by atoms with Crippen molar-refractivity contribution in [2.45, 2.75) is 12.8 Å². The van der Waals surface area contributed by atoms with Gasteiger partial charge in [-0.3, -0.25) is 9.59 Å². The van der Waals surface area contributed by atoms with Crippen LogP contribution in [0.1, 0.15) is 12.8 Å². The van der Waals surface area contributed by atoms with E-state index in [0.717, 1.165) is 0 Å². The third kappa shape index (κ3) is 1.29. The van der Waals surface area contributed by atoms with Crippen molar-refractivity contribution in [3.63, 3.8) is 0 Å². The van der Waals surface area contributed by atoms with Gasteiger partial charge in [0.15, 0.2) is 11.5 Å². The van der Waals surface area contributed by atoms with E-state index in [1.165, 1.54) is 13.2 Å². The number of rotatable bonds is 1. The van der Waals surface area contributed by atoms with Gasteiger partial charge in [-0.15, -0.1) is 0 Å². The van der Waals surface area contributed by atoms with E-state index in [1.54, 1.807) is 0 Å². The molecule has 0 aromatic rings. The van der Waals surface area contributed by atoms with Crippen LogP contribution in [0.2, 0.25) is 0 Å². The summed E-state index contributed by atoms with van der Waals surface area (Å²) in [5.41, 5.74) is 0. The molecule has 2 aliphatic carbocycles. The summed E-state index contributed by atoms with van der Waals surface area (Å²) < 4.78 is 4.89. The lowest BCUT2D eigenvalue weighted by molar-refractivity contribution is -0.132. The van der Waals surface area contributed by atoms with E-state index in [9.17, 15) is 9.59 Å². The van der Waals surface area contributed by atoms with E-state index < -0.39 is 0 Å². The quantitative estimate of drug-likeness (QED) is 0.587. The number of Topliss-reactive ketones (excluding diaryl/α,β-unsaturated/α-hetero) is 1. The maximum Gasteiger partial charge on any atom is 0.201 e. The Morgan fingerprint density at radius 3 is 2.50 bits per heavy atom. The highest BCUT2D eigenvalue weighted by Crippen LogP contribution is 2.33. The number of methoxy groups -OCH3 is 1. The lowest BCUT2D eigenvalue weighted by Gasteiger charge is -2.29. The summed E-state index contributed by atoms with van der Waals surface area (Å²) in [4.78, 5) is 23.4. The van der Waals surface area contributed by atoms with Crippen LogP contribution in [0.3, 0.4) is 0 Å². The fourth-order valence-corrected chi connectivity index (χ4v) is 2.07. The van der Waals surface area contributed by atoms with Gasteiger partial charge in [-0.2, -0.15) is 0 Å². The molecule has 0 aromatic carbocycles. The molecule has 2 unspecified atom stereocenters. The predicted octanol–water partition coefficient (Wildman–Crippen LogP) is 1.25. The number of allylic oxidation sites excluding steroid dienone is 4. The maximum absolute atomic E-state index is 11.8. The second kappa shape index (κ2) is 3.40. The van der Waals surface area contributed by atoms with E-state index in [2.05, 4.69) is 0 Å². The molecule has 0 N–H and O–H groups in total. The minimum absolute atomic E-state index is 0.0239. The first-order chi connectivity index (χ1) is 6.74. The molecule has 0 bridgehead atoms. The summed E-state index contributed by atoms with van der Waals surface area (Å²) in [6.45, 7) is 0. The molecule has 14 heavy (non-hydrogen) atoms. The summed E-state index contributed by atoms with van der Waals surface area (Å²) in [5.74, 6) is -0.123. The minimum atomic E-state index is -0.188. The van der Waals surface area contributed by atoms with Crippen molar-refractivity contribution in [3.05, 3.63) is 24.0 Å². The monoisotopic (exact) mass is 192 g/mol. The average molecular weight is 192 g/mol. The molecule has 2 rings (SSSR count). The number of ketones is 2. The number of hydrogen-bond acceptors (Lipinski definition) is 3. The van der Waals surface area contributed by atoms with Crippen molar-refractivity contribution in [2.24, 2.45) is 11.8 Å². The molecule has 0 spiro atoms. The summed E-state index contributed by atoms with van der Waals surface area (Å²) >= 11 is 0. The number of carbonyl (C=O) groups excluding carboxylic acids is 2. The molecule has 2 aliphatic rings. The van der Waals surface area contributed by atoms with E-state index in [1.807, 2.05) is 12.2 Å². The molecular formula is C11H12O3. The highest BCUT2D eigenvalue weighted by atomic mass is 16.5. The molecule has 0 aliphatic heterocycles. The van der Waals surface area contributed by atoms with Crippen molar-refractivity contribution < 1.29 is 14.3 Å². The van der Waals surface area contributed by atoms with Crippen molar-refractivity contribution in [1.82, 2.24) is 0 Å². The molecule has 0 amide bonds. The molecule has 74 valence electrons. The first-order valence-electron chi connectivity index (χ1n) is 4.72. The SMILES string of the molecule is COC1=CC(=O)C2CC=CCC2C1=O. The Bertz CT molecular complexity index is 338. The van der Waals surface area contributed by atoms with Crippen molar-refractivity contribution in [3.8, 4) is 0 Å². The smallest absolute Gasteiger partial charge is 0.201 e. The van der Waals surface area contributed by atoms with Gasteiger partial charge < -0.3 is 4.74 Å². The highest BCUT2D eigenvalue weighted by Gasteiger charge is 2.39. The van der Waals surface area contributed by atoms with Crippen LogP contribution in [0.5, 0.6) is 0 Å². The Labute approximate surface area is 82.4 Å². The third-order valence-corrected chi connectivity index (χ3v) is 2.87. The van der Waals surface area contributed by atoms with Crippen molar-refractivity contribution in [1.29, 1.82) is 0 Å². The Morgan fingerprint density at radius 2 is 1.86 bits per heavy atom. The summed E-state index contributed by atoms with van der Waals surface area (Å²) in [7, 11) is 1.43. The molecule has 0 radical (unpaired) electrons. The minimum Gasteiger partial charge on any atom is -0.493 e. The van der Waals surface area contributed by atoms with E-state index in [4.69, 9.17) is 4.74 Å². The fraction of sp³-hybridized carbons (Fsp3) is 0.455. The molecule has 0 aromatic heterocycles. The van der Waals surface area contributed by atoms with Gasteiger partial charge in [-0.05, 0) is 12.8 Å². The van der Waals surface area contributed by atoms with Crippen LogP contribution in [0, 0.1) is 11.8 Å². The molecule has 0 saturated heterocycles. The van der Waals surface area contributed by atoms with Gasteiger partial charge in [-0.25, -0.2) is 0 Å². The van der Waals surface area contributed by atoms with Gasteiger partial charge in [0.25, 0.3) is 0 Å². The summed E-state index contributed by atoms with van der Waals surface area (Å²) in [5, 5.41) is 0. The normalized spacial score (nSPS) is 31.1. The van der Waals surface area contributed by atoms with E-state index in [0.29, 0.717) is 12.8 Å². The molecule has 3 heteroatoms. The van der Waals surface area contributed by atoms with Crippen LogP contribution in [-0.2, 0) is 14.3 Å². The Kier molecular flexibility index (Phi) is 2.23. The standard InChI is InChI=1S/C11H12O3/c1-14-10-6-9(12)7-4-2-3-5-8(7)11(10)13/h2-3,6-8H,4-5H2,1H3. The zero-order chi connectivity index (χ0) is 10.1. The van der Waals surface area contributed by atoms with Gasteiger partial charge in [0, 0.05) is 17.9 Å². The maximum atomic E-state index is 11.8. The molecule has 0 saturated carbocycles. The highest BCUT2D eigenvalue weighted by molar-refractivity contribution is 6.09. The van der Waals surface area contributed by atoms with Crippen LogP contribution in [0.25, 0.3) is 0 Å². The first-order valence-corrected chi connectivity index (χ1v) is 4.72. The first kappa shape index (κ1) is 9.19. The van der Waals surface area contributed by atoms with E-state index >= 15 is 0 Å². The second-order valence-electron chi connectivity index (χ2n) is 3.64. The van der Waals surface area contributed by atoms with Crippen LogP contribution < -0.4 is 0 Å². The molecular weight excluding hydrogens is 180 g/mol. The van der Waals surface area contributed by atoms with Crippen molar-refractivity contribution >= 4 is 11.6 Å². The lowest BCUT2D eigenvalue weighted by Crippen LogP contribution is -2.36. The summed E-state index contributed by atoms with van der Waals surface area (Å²) in [6, 6.07) is 0. The lowest BCUT2D eigenvalue weighted by atomic mass is 9.74. The molecule has 3 nitrogen and oxygen atoms in total. The fourth-order valence-electron chi connectivity index (χ4n) is 2.07. The second-order valence-corrected chi connectivity index (χ2v) is 3.64. The zero-order valence-corrected chi connectivity index (χ0v) is 8.03. The van der Waals surface area contributed by atoms with Gasteiger partial charge in [0.1, 0.15) is 0 Å². The third-order valence-electron chi connectivity index (χ3n) is 2.87.